The number of hydrogen-bond donors (Lipinski definition) is 1. The number of likely N-dealkylation sites (tertiary alicyclic amines) is 1. The van der Waals surface area contributed by atoms with E-state index in [4.69, 9.17) is 10.2 Å². The molecule has 0 atom stereocenters. The fraction of sp³-hybridized carbons (Fsp3) is 0.562. The minimum absolute atomic E-state index is 0.469. The van der Waals surface area contributed by atoms with Crippen LogP contribution in [0.2, 0.25) is 0 Å². The molecule has 2 N–H and O–H groups in total. The highest BCUT2D eigenvalue weighted by Gasteiger charge is 2.24. The zero-order chi connectivity index (χ0) is 13.9. The van der Waals surface area contributed by atoms with Gasteiger partial charge in [-0.05, 0) is 70.1 Å². The molecule has 0 unspecified atom stereocenters. The quantitative estimate of drug-likeness (QED) is 0.930. The summed E-state index contributed by atoms with van der Waals surface area (Å²) in [5, 5.41) is 0. The van der Waals surface area contributed by atoms with Crippen LogP contribution >= 0.6 is 0 Å². The zero-order valence-corrected chi connectivity index (χ0v) is 12.1. The van der Waals surface area contributed by atoms with Crippen LogP contribution in [0.4, 0.5) is 0 Å². The van der Waals surface area contributed by atoms with Crippen molar-refractivity contribution in [1.82, 2.24) is 9.88 Å². The molecule has 2 aromatic rings. The van der Waals surface area contributed by atoms with E-state index in [1.807, 2.05) is 6.07 Å². The Balaban J connectivity index is 1.67. The van der Waals surface area contributed by atoms with Gasteiger partial charge in [-0.3, -0.25) is 0 Å². The number of nitrogens with two attached hydrogens (primary N) is 1. The predicted octanol–water partition coefficient (Wildman–Crippen LogP) is 2.66. The Hall–Kier alpha value is -1.39. The monoisotopic (exact) mass is 273 g/mol. The van der Waals surface area contributed by atoms with Crippen molar-refractivity contribution < 1.29 is 4.42 Å². The standard InChI is InChI=1S/C16H23N3O/c1-12-3-4-15-14(11-12)18-16(20-15)13-5-9-19(10-6-13)8-2-7-17/h3-4,11,13H,2,5-10,17H2,1H3. The maximum Gasteiger partial charge on any atom is 0.198 e. The van der Waals surface area contributed by atoms with Crippen molar-refractivity contribution in [3.8, 4) is 0 Å². The van der Waals surface area contributed by atoms with Crippen LogP contribution in [-0.4, -0.2) is 36.1 Å². The summed E-state index contributed by atoms with van der Waals surface area (Å²) in [7, 11) is 0. The van der Waals surface area contributed by atoms with Gasteiger partial charge in [0.25, 0.3) is 0 Å². The van der Waals surface area contributed by atoms with E-state index < -0.39 is 0 Å². The molecular formula is C16H23N3O. The van der Waals surface area contributed by atoms with E-state index in [0.717, 1.165) is 62.4 Å². The van der Waals surface area contributed by atoms with Crippen LogP contribution in [0.15, 0.2) is 22.6 Å². The summed E-state index contributed by atoms with van der Waals surface area (Å²) >= 11 is 0. The Morgan fingerprint density at radius 2 is 2.15 bits per heavy atom. The molecular weight excluding hydrogens is 250 g/mol. The molecule has 0 radical (unpaired) electrons. The van der Waals surface area contributed by atoms with Crippen LogP contribution in [0, 0.1) is 6.92 Å². The van der Waals surface area contributed by atoms with Crippen molar-refractivity contribution in [2.24, 2.45) is 5.73 Å². The van der Waals surface area contributed by atoms with Gasteiger partial charge in [-0.25, -0.2) is 4.98 Å². The lowest BCUT2D eigenvalue weighted by atomic mass is 9.97. The van der Waals surface area contributed by atoms with Crippen LogP contribution in [0.1, 0.15) is 36.6 Å². The number of rotatable bonds is 4. The third-order valence-electron chi connectivity index (χ3n) is 4.17. The molecule has 1 aromatic carbocycles. The second-order valence-corrected chi connectivity index (χ2v) is 5.78. The molecule has 4 heteroatoms. The molecule has 1 aromatic heterocycles. The van der Waals surface area contributed by atoms with Gasteiger partial charge in [0.05, 0.1) is 0 Å². The van der Waals surface area contributed by atoms with Gasteiger partial charge in [0.1, 0.15) is 5.52 Å². The minimum Gasteiger partial charge on any atom is -0.440 e. The lowest BCUT2D eigenvalue weighted by Gasteiger charge is -2.30. The van der Waals surface area contributed by atoms with E-state index in [1.165, 1.54) is 5.56 Å². The third-order valence-corrected chi connectivity index (χ3v) is 4.17. The number of hydrogen-bond acceptors (Lipinski definition) is 4. The van der Waals surface area contributed by atoms with E-state index in [0.29, 0.717) is 5.92 Å². The number of aryl methyl sites for hydroxylation is 1. The average molecular weight is 273 g/mol. The first kappa shape index (κ1) is 13.6. The van der Waals surface area contributed by atoms with Crippen LogP contribution in [-0.2, 0) is 0 Å². The van der Waals surface area contributed by atoms with Gasteiger partial charge >= 0.3 is 0 Å². The number of fused-ring (bicyclic) bond motifs is 1. The molecule has 4 nitrogen and oxygen atoms in total. The molecule has 2 heterocycles. The van der Waals surface area contributed by atoms with E-state index in [9.17, 15) is 0 Å². The van der Waals surface area contributed by atoms with Crippen LogP contribution in [0.3, 0.4) is 0 Å². The van der Waals surface area contributed by atoms with Crippen molar-refractivity contribution in [2.45, 2.75) is 32.1 Å². The highest BCUT2D eigenvalue weighted by molar-refractivity contribution is 5.73. The molecule has 1 aliphatic rings. The van der Waals surface area contributed by atoms with Gasteiger partial charge in [-0.1, -0.05) is 6.07 Å². The minimum atomic E-state index is 0.469. The number of aromatic nitrogens is 1. The van der Waals surface area contributed by atoms with E-state index in [-0.39, 0.29) is 0 Å². The fourth-order valence-electron chi connectivity index (χ4n) is 2.95. The Kier molecular flexibility index (Phi) is 4.03. The summed E-state index contributed by atoms with van der Waals surface area (Å²) in [5.74, 6) is 1.39. The Labute approximate surface area is 120 Å². The average Bonchev–Trinajstić information content (AvgIpc) is 2.88. The van der Waals surface area contributed by atoms with Crippen molar-refractivity contribution in [1.29, 1.82) is 0 Å². The first-order valence-corrected chi connectivity index (χ1v) is 7.56. The molecule has 1 fully saturated rings. The molecule has 0 amide bonds. The number of benzene rings is 1. The smallest absolute Gasteiger partial charge is 0.198 e. The number of piperidine rings is 1. The third kappa shape index (κ3) is 2.86. The molecule has 0 spiro atoms. The molecule has 1 saturated heterocycles. The highest BCUT2D eigenvalue weighted by Crippen LogP contribution is 2.30. The van der Waals surface area contributed by atoms with Crippen molar-refractivity contribution in [3.05, 3.63) is 29.7 Å². The maximum absolute atomic E-state index is 5.93. The molecule has 0 aliphatic carbocycles. The van der Waals surface area contributed by atoms with Crippen molar-refractivity contribution in [3.63, 3.8) is 0 Å². The van der Waals surface area contributed by atoms with Gasteiger partial charge in [0, 0.05) is 5.92 Å². The lowest BCUT2D eigenvalue weighted by Crippen LogP contribution is -2.34. The van der Waals surface area contributed by atoms with Gasteiger partial charge in [-0.2, -0.15) is 0 Å². The Bertz CT molecular complexity index is 570. The molecule has 20 heavy (non-hydrogen) atoms. The second kappa shape index (κ2) is 5.94. The van der Waals surface area contributed by atoms with Gasteiger partial charge in [-0.15, -0.1) is 0 Å². The Morgan fingerprint density at radius 3 is 2.90 bits per heavy atom. The van der Waals surface area contributed by atoms with Crippen molar-refractivity contribution in [2.75, 3.05) is 26.2 Å². The van der Waals surface area contributed by atoms with Gasteiger partial charge in [0.15, 0.2) is 11.5 Å². The predicted molar refractivity (Wildman–Crippen MR) is 80.8 cm³/mol. The maximum atomic E-state index is 5.93. The van der Waals surface area contributed by atoms with Gasteiger partial charge in [0.2, 0.25) is 0 Å². The van der Waals surface area contributed by atoms with E-state index in [1.54, 1.807) is 0 Å². The first-order valence-electron chi connectivity index (χ1n) is 7.56. The molecule has 0 saturated carbocycles. The SMILES string of the molecule is Cc1ccc2oc(C3CCN(CCCN)CC3)nc2c1. The lowest BCUT2D eigenvalue weighted by molar-refractivity contribution is 0.200. The fourth-order valence-corrected chi connectivity index (χ4v) is 2.95. The number of nitrogens with zero attached hydrogens (tertiary/aromatic N) is 2. The molecule has 0 bridgehead atoms. The van der Waals surface area contributed by atoms with Crippen LogP contribution < -0.4 is 5.73 Å². The molecule has 108 valence electrons. The summed E-state index contributed by atoms with van der Waals surface area (Å²) in [5.41, 5.74) is 8.70. The van der Waals surface area contributed by atoms with E-state index in [2.05, 4.69) is 28.9 Å². The van der Waals surface area contributed by atoms with Crippen LogP contribution in [0.5, 0.6) is 0 Å². The highest BCUT2D eigenvalue weighted by atomic mass is 16.3. The van der Waals surface area contributed by atoms with Gasteiger partial charge < -0.3 is 15.1 Å². The molecule has 3 rings (SSSR count). The summed E-state index contributed by atoms with van der Waals surface area (Å²) in [6.07, 6.45) is 3.36. The first-order chi connectivity index (χ1) is 9.76. The molecule has 1 aliphatic heterocycles. The normalized spacial score (nSPS) is 17.9. The topological polar surface area (TPSA) is 55.3 Å². The number of oxazole rings is 1. The summed E-state index contributed by atoms with van der Waals surface area (Å²) < 4.78 is 5.93. The summed E-state index contributed by atoms with van der Waals surface area (Å²) in [6, 6.07) is 6.20. The van der Waals surface area contributed by atoms with E-state index >= 15 is 0 Å². The second-order valence-electron chi connectivity index (χ2n) is 5.78. The zero-order valence-electron chi connectivity index (χ0n) is 12.1. The summed E-state index contributed by atoms with van der Waals surface area (Å²) in [4.78, 5) is 7.18. The van der Waals surface area contributed by atoms with Crippen LogP contribution in [0.25, 0.3) is 11.1 Å². The van der Waals surface area contributed by atoms with Crippen molar-refractivity contribution >= 4 is 11.1 Å². The largest absolute Gasteiger partial charge is 0.440 e. The Morgan fingerprint density at radius 1 is 1.35 bits per heavy atom. The summed E-state index contributed by atoms with van der Waals surface area (Å²) in [6.45, 7) is 6.24.